The van der Waals surface area contributed by atoms with Crippen LogP contribution >= 0.6 is 0 Å². The summed E-state index contributed by atoms with van der Waals surface area (Å²) >= 11 is 0. The Morgan fingerprint density at radius 2 is 1.91 bits per heavy atom. The van der Waals surface area contributed by atoms with Gasteiger partial charge in [0.25, 0.3) is 0 Å². The largest absolute Gasteiger partial charge is 0.445 e. The summed E-state index contributed by atoms with van der Waals surface area (Å²) in [5.41, 5.74) is 9.73. The average molecular weight is 300 g/mol. The number of rotatable bonds is 3. The number of nitrogens with one attached hydrogen (secondary N) is 1. The van der Waals surface area contributed by atoms with Crippen molar-refractivity contribution in [1.82, 2.24) is 5.32 Å². The number of alkyl carbamates (subject to hydrolysis) is 1. The maximum absolute atomic E-state index is 12.1. The third-order valence-electron chi connectivity index (χ3n) is 4.42. The molecule has 4 nitrogen and oxygen atoms in total. The number of ether oxygens (including phenoxy) is 1. The first kappa shape index (κ1) is 16.3. The summed E-state index contributed by atoms with van der Waals surface area (Å²) in [6.45, 7) is 8.20. The van der Waals surface area contributed by atoms with Crippen molar-refractivity contribution in [3.8, 4) is 0 Å². The topological polar surface area (TPSA) is 64.3 Å². The van der Waals surface area contributed by atoms with E-state index in [2.05, 4.69) is 5.32 Å². The van der Waals surface area contributed by atoms with E-state index in [1.54, 1.807) is 0 Å². The Morgan fingerprint density at radius 1 is 1.27 bits per heavy atom. The van der Waals surface area contributed by atoms with Gasteiger partial charge in [0.1, 0.15) is 6.61 Å². The molecule has 2 atom stereocenters. The molecule has 1 aromatic rings. The average Bonchev–Trinajstić information content (AvgIpc) is 2.50. The van der Waals surface area contributed by atoms with Gasteiger partial charge in [0.05, 0.1) is 5.54 Å². The van der Waals surface area contributed by atoms with Crippen molar-refractivity contribution >= 4 is 6.09 Å². The van der Waals surface area contributed by atoms with E-state index in [0.29, 0.717) is 0 Å². The van der Waals surface area contributed by atoms with E-state index in [4.69, 9.17) is 10.5 Å². The van der Waals surface area contributed by atoms with Gasteiger partial charge in [-0.05, 0) is 38.8 Å². The SMILES string of the molecule is CC1=CC(C)(NC(=O)OCc2ccccc2)C(C)=C(C)C1N. The Bertz CT molecular complexity index is 619. The predicted octanol–water partition coefficient (Wildman–Crippen LogP) is 3.30. The fraction of sp³-hybridized carbons (Fsp3) is 0.389. The van der Waals surface area contributed by atoms with Crippen molar-refractivity contribution in [2.24, 2.45) is 5.73 Å². The first-order chi connectivity index (χ1) is 10.3. The molecule has 0 aliphatic heterocycles. The molecule has 0 radical (unpaired) electrons. The van der Waals surface area contributed by atoms with Crippen LogP contribution in [0.3, 0.4) is 0 Å². The molecule has 0 aromatic heterocycles. The number of hydrogen-bond donors (Lipinski definition) is 2. The number of carbonyl (C=O) groups is 1. The van der Waals surface area contributed by atoms with E-state index >= 15 is 0 Å². The van der Waals surface area contributed by atoms with Gasteiger partial charge in [0, 0.05) is 6.04 Å². The summed E-state index contributed by atoms with van der Waals surface area (Å²) in [6.07, 6.45) is 1.57. The highest BCUT2D eigenvalue weighted by atomic mass is 16.5. The Morgan fingerprint density at radius 3 is 2.55 bits per heavy atom. The van der Waals surface area contributed by atoms with Crippen molar-refractivity contribution in [2.45, 2.75) is 45.9 Å². The number of carbonyl (C=O) groups excluding carboxylic acids is 1. The third-order valence-corrected chi connectivity index (χ3v) is 4.42. The maximum Gasteiger partial charge on any atom is 0.408 e. The second-order valence-corrected chi connectivity index (χ2v) is 6.06. The molecular formula is C18H24N2O2. The Hall–Kier alpha value is -2.07. The van der Waals surface area contributed by atoms with E-state index in [9.17, 15) is 4.79 Å². The minimum atomic E-state index is -0.558. The van der Waals surface area contributed by atoms with Crippen LogP contribution in [-0.2, 0) is 11.3 Å². The molecule has 1 aromatic carbocycles. The lowest BCUT2D eigenvalue weighted by atomic mass is 9.79. The Balaban J connectivity index is 2.04. The molecule has 1 aliphatic carbocycles. The molecule has 118 valence electrons. The number of benzene rings is 1. The first-order valence-corrected chi connectivity index (χ1v) is 7.45. The lowest BCUT2D eigenvalue weighted by molar-refractivity contribution is 0.134. The standard InChI is InChI=1S/C18H24N2O2/c1-12-10-18(4,14(3)13(2)16(12)19)20-17(21)22-11-15-8-6-5-7-9-15/h5-10,16H,11,19H2,1-4H3,(H,20,21). The van der Waals surface area contributed by atoms with E-state index < -0.39 is 11.6 Å². The highest BCUT2D eigenvalue weighted by Crippen LogP contribution is 2.31. The second-order valence-electron chi connectivity index (χ2n) is 6.06. The van der Waals surface area contributed by atoms with Gasteiger partial charge in [-0.2, -0.15) is 0 Å². The fourth-order valence-electron chi connectivity index (χ4n) is 2.74. The second kappa shape index (κ2) is 6.36. The number of nitrogens with two attached hydrogens (primary N) is 1. The van der Waals surface area contributed by atoms with E-state index in [0.717, 1.165) is 22.3 Å². The molecule has 0 saturated carbocycles. The van der Waals surface area contributed by atoms with Crippen LogP contribution in [0.5, 0.6) is 0 Å². The van der Waals surface area contributed by atoms with Gasteiger partial charge in [0.2, 0.25) is 0 Å². The fourth-order valence-corrected chi connectivity index (χ4v) is 2.74. The molecule has 0 bridgehead atoms. The van der Waals surface area contributed by atoms with Gasteiger partial charge in [-0.15, -0.1) is 0 Å². The number of amides is 1. The summed E-state index contributed by atoms with van der Waals surface area (Å²) < 4.78 is 5.31. The van der Waals surface area contributed by atoms with Crippen molar-refractivity contribution in [1.29, 1.82) is 0 Å². The molecule has 22 heavy (non-hydrogen) atoms. The predicted molar refractivity (Wildman–Crippen MR) is 88.3 cm³/mol. The summed E-state index contributed by atoms with van der Waals surface area (Å²) in [5, 5.41) is 2.95. The quantitative estimate of drug-likeness (QED) is 0.842. The zero-order chi connectivity index (χ0) is 16.3. The van der Waals surface area contributed by atoms with Crippen LogP contribution in [0.2, 0.25) is 0 Å². The van der Waals surface area contributed by atoms with Crippen LogP contribution in [0, 0.1) is 0 Å². The van der Waals surface area contributed by atoms with Crippen LogP contribution in [0.25, 0.3) is 0 Å². The summed E-state index contributed by atoms with van der Waals surface area (Å²) in [5.74, 6) is 0. The van der Waals surface area contributed by atoms with E-state index in [1.807, 2.05) is 64.1 Å². The molecule has 1 aliphatic rings. The minimum Gasteiger partial charge on any atom is -0.445 e. The van der Waals surface area contributed by atoms with Crippen molar-refractivity contribution < 1.29 is 9.53 Å². The smallest absolute Gasteiger partial charge is 0.408 e. The summed E-state index contributed by atoms with van der Waals surface area (Å²) in [6, 6.07) is 9.55. The van der Waals surface area contributed by atoms with Crippen molar-refractivity contribution in [3.05, 3.63) is 58.7 Å². The molecule has 2 unspecified atom stereocenters. The molecule has 0 saturated heterocycles. The van der Waals surface area contributed by atoms with Crippen LogP contribution in [-0.4, -0.2) is 17.7 Å². The van der Waals surface area contributed by atoms with Crippen LogP contribution in [0.15, 0.2) is 53.1 Å². The molecule has 1 amide bonds. The van der Waals surface area contributed by atoms with Crippen LogP contribution in [0.1, 0.15) is 33.3 Å². The Kier molecular flexibility index (Phi) is 4.71. The maximum atomic E-state index is 12.1. The minimum absolute atomic E-state index is 0.0739. The zero-order valence-corrected chi connectivity index (χ0v) is 13.6. The summed E-state index contributed by atoms with van der Waals surface area (Å²) in [7, 11) is 0. The van der Waals surface area contributed by atoms with Gasteiger partial charge in [-0.1, -0.05) is 47.6 Å². The Labute approximate surface area is 132 Å². The molecule has 0 spiro atoms. The third kappa shape index (κ3) is 3.39. The van der Waals surface area contributed by atoms with E-state index in [1.165, 1.54) is 0 Å². The molecule has 2 rings (SSSR count). The van der Waals surface area contributed by atoms with Gasteiger partial charge in [-0.3, -0.25) is 0 Å². The molecular weight excluding hydrogens is 276 g/mol. The van der Waals surface area contributed by atoms with Crippen molar-refractivity contribution in [2.75, 3.05) is 0 Å². The number of hydrogen-bond acceptors (Lipinski definition) is 3. The van der Waals surface area contributed by atoms with Crippen LogP contribution in [0.4, 0.5) is 4.79 Å². The lowest BCUT2D eigenvalue weighted by Gasteiger charge is -2.36. The van der Waals surface area contributed by atoms with Gasteiger partial charge in [0.15, 0.2) is 0 Å². The highest BCUT2D eigenvalue weighted by molar-refractivity contribution is 5.70. The molecule has 4 heteroatoms. The molecule has 0 heterocycles. The monoisotopic (exact) mass is 300 g/mol. The van der Waals surface area contributed by atoms with Crippen molar-refractivity contribution in [3.63, 3.8) is 0 Å². The normalized spacial score (nSPS) is 24.8. The van der Waals surface area contributed by atoms with E-state index in [-0.39, 0.29) is 12.6 Å². The first-order valence-electron chi connectivity index (χ1n) is 7.45. The highest BCUT2D eigenvalue weighted by Gasteiger charge is 2.33. The molecule has 0 fully saturated rings. The molecule has 3 N–H and O–H groups in total. The lowest BCUT2D eigenvalue weighted by Crippen LogP contribution is -2.49. The summed E-state index contributed by atoms with van der Waals surface area (Å²) in [4.78, 5) is 12.1. The van der Waals surface area contributed by atoms with Gasteiger partial charge >= 0.3 is 6.09 Å². The van der Waals surface area contributed by atoms with Crippen LogP contribution < -0.4 is 11.1 Å². The van der Waals surface area contributed by atoms with Gasteiger partial charge < -0.3 is 15.8 Å². The zero-order valence-electron chi connectivity index (χ0n) is 13.6. The van der Waals surface area contributed by atoms with Gasteiger partial charge in [-0.25, -0.2) is 4.79 Å².